The van der Waals surface area contributed by atoms with Gasteiger partial charge >= 0.3 is 0 Å². The lowest BCUT2D eigenvalue weighted by molar-refractivity contribution is -0.117. The SMILES string of the molecule is CCCC(C)=O.CCCc1c(N2CCCC2)ccnc1C. The second kappa shape index (κ2) is 9.54. The minimum absolute atomic E-state index is 0.289. The van der Waals surface area contributed by atoms with Crippen molar-refractivity contribution in [1.82, 2.24) is 4.98 Å². The Morgan fingerprint density at radius 1 is 1.24 bits per heavy atom. The molecule has 21 heavy (non-hydrogen) atoms. The quantitative estimate of drug-likeness (QED) is 0.809. The van der Waals surface area contributed by atoms with E-state index in [1.54, 1.807) is 6.92 Å². The average molecular weight is 290 g/mol. The van der Waals surface area contributed by atoms with Gasteiger partial charge in [0, 0.05) is 37.1 Å². The van der Waals surface area contributed by atoms with Crippen LogP contribution in [0, 0.1) is 6.92 Å². The van der Waals surface area contributed by atoms with Crippen LogP contribution in [0.5, 0.6) is 0 Å². The standard InChI is InChI=1S/C13H20N2.C5H10O/c1-3-6-12-11(2)14-8-7-13(12)15-9-4-5-10-15;1-3-4-5(2)6/h7-8H,3-6,9-10H2,1-2H3;3-4H2,1-2H3. The fourth-order valence-corrected chi connectivity index (χ4v) is 2.75. The summed E-state index contributed by atoms with van der Waals surface area (Å²) in [7, 11) is 0. The number of aromatic nitrogens is 1. The largest absolute Gasteiger partial charge is 0.371 e. The Kier molecular flexibility index (Phi) is 8.03. The lowest BCUT2D eigenvalue weighted by Gasteiger charge is -2.22. The summed E-state index contributed by atoms with van der Waals surface area (Å²) >= 11 is 0. The Morgan fingerprint density at radius 3 is 2.38 bits per heavy atom. The third kappa shape index (κ3) is 5.86. The van der Waals surface area contributed by atoms with Crippen LogP contribution < -0.4 is 4.90 Å². The number of rotatable bonds is 5. The molecule has 2 rings (SSSR count). The van der Waals surface area contributed by atoms with Gasteiger partial charge in [0.05, 0.1) is 0 Å². The molecular formula is C18H30N2O. The number of aryl methyl sites for hydroxylation is 1. The molecule has 1 aliphatic heterocycles. The molecule has 3 nitrogen and oxygen atoms in total. The Balaban J connectivity index is 0.000000315. The fraction of sp³-hybridized carbons (Fsp3) is 0.667. The predicted octanol–water partition coefficient (Wildman–Crippen LogP) is 4.32. The van der Waals surface area contributed by atoms with Crippen LogP contribution in [-0.2, 0) is 11.2 Å². The predicted molar refractivity (Wildman–Crippen MR) is 90.0 cm³/mol. The Labute approximate surface area is 129 Å². The summed E-state index contributed by atoms with van der Waals surface area (Å²) in [5.74, 6) is 0.289. The normalized spacial score (nSPS) is 13.8. The van der Waals surface area contributed by atoms with Gasteiger partial charge in [-0.1, -0.05) is 20.3 Å². The van der Waals surface area contributed by atoms with E-state index >= 15 is 0 Å². The molecule has 0 aromatic carbocycles. The van der Waals surface area contributed by atoms with Gasteiger partial charge in [-0.25, -0.2) is 0 Å². The van der Waals surface area contributed by atoms with Crippen LogP contribution in [0.4, 0.5) is 5.69 Å². The summed E-state index contributed by atoms with van der Waals surface area (Å²) in [6.45, 7) is 10.4. The summed E-state index contributed by atoms with van der Waals surface area (Å²) < 4.78 is 0. The van der Waals surface area contributed by atoms with Crippen LogP contribution in [-0.4, -0.2) is 23.9 Å². The number of anilines is 1. The molecule has 1 aromatic rings. The first-order valence-corrected chi connectivity index (χ1v) is 8.29. The second-order valence-electron chi connectivity index (χ2n) is 5.79. The van der Waals surface area contributed by atoms with Crippen molar-refractivity contribution in [2.45, 2.75) is 66.2 Å². The third-order valence-electron chi connectivity index (χ3n) is 3.80. The van der Waals surface area contributed by atoms with Crippen LogP contribution in [0.1, 0.15) is 64.1 Å². The van der Waals surface area contributed by atoms with Gasteiger partial charge in [0.25, 0.3) is 0 Å². The van der Waals surface area contributed by atoms with Gasteiger partial charge in [-0.05, 0) is 51.2 Å². The van der Waals surface area contributed by atoms with Crippen molar-refractivity contribution in [2.75, 3.05) is 18.0 Å². The molecule has 0 radical (unpaired) electrons. The maximum Gasteiger partial charge on any atom is 0.129 e. The Morgan fingerprint density at radius 2 is 1.90 bits per heavy atom. The maximum atomic E-state index is 10.0. The Hall–Kier alpha value is -1.38. The number of nitrogens with zero attached hydrogens (tertiary/aromatic N) is 2. The van der Waals surface area contributed by atoms with Gasteiger partial charge in [-0.15, -0.1) is 0 Å². The molecule has 0 atom stereocenters. The third-order valence-corrected chi connectivity index (χ3v) is 3.80. The van der Waals surface area contributed by atoms with Crippen molar-refractivity contribution in [3.8, 4) is 0 Å². The molecule has 0 spiro atoms. The van der Waals surface area contributed by atoms with Gasteiger partial charge < -0.3 is 9.69 Å². The molecular weight excluding hydrogens is 260 g/mol. The van der Waals surface area contributed by atoms with Gasteiger partial charge in [-0.3, -0.25) is 4.98 Å². The summed E-state index contributed by atoms with van der Waals surface area (Å²) in [5.41, 5.74) is 4.10. The number of hydrogen-bond acceptors (Lipinski definition) is 3. The van der Waals surface area contributed by atoms with Crippen LogP contribution in [0.15, 0.2) is 12.3 Å². The number of carbonyl (C=O) groups excluding carboxylic acids is 1. The van der Waals surface area contributed by atoms with Crippen LogP contribution in [0.2, 0.25) is 0 Å². The minimum atomic E-state index is 0.289. The first-order valence-electron chi connectivity index (χ1n) is 8.29. The van der Waals surface area contributed by atoms with Crippen molar-refractivity contribution in [3.63, 3.8) is 0 Å². The van der Waals surface area contributed by atoms with Crippen LogP contribution >= 0.6 is 0 Å². The lowest BCUT2D eigenvalue weighted by atomic mass is 10.1. The summed E-state index contributed by atoms with van der Waals surface area (Å²) in [5, 5.41) is 0. The number of hydrogen-bond donors (Lipinski definition) is 0. The van der Waals surface area contributed by atoms with Gasteiger partial charge in [0.2, 0.25) is 0 Å². The average Bonchev–Trinajstić information content (AvgIpc) is 2.96. The number of carbonyl (C=O) groups is 1. The lowest BCUT2D eigenvalue weighted by Crippen LogP contribution is -2.20. The van der Waals surface area contributed by atoms with Crippen molar-refractivity contribution >= 4 is 11.5 Å². The highest BCUT2D eigenvalue weighted by Crippen LogP contribution is 2.26. The summed E-state index contributed by atoms with van der Waals surface area (Å²) in [6, 6.07) is 2.18. The molecule has 0 saturated carbocycles. The van der Waals surface area contributed by atoms with E-state index in [0.29, 0.717) is 0 Å². The molecule has 0 N–H and O–H groups in total. The van der Waals surface area contributed by atoms with E-state index in [1.165, 1.54) is 49.3 Å². The molecule has 1 aromatic heterocycles. The molecule has 0 bridgehead atoms. The molecule has 0 aliphatic carbocycles. The van der Waals surface area contributed by atoms with E-state index in [1.807, 2.05) is 13.1 Å². The van der Waals surface area contributed by atoms with E-state index in [9.17, 15) is 4.79 Å². The molecule has 2 heterocycles. The molecule has 118 valence electrons. The van der Waals surface area contributed by atoms with E-state index in [0.717, 1.165) is 19.3 Å². The summed E-state index contributed by atoms with van der Waals surface area (Å²) in [4.78, 5) is 17.0. The monoisotopic (exact) mass is 290 g/mol. The van der Waals surface area contributed by atoms with Crippen molar-refractivity contribution < 1.29 is 4.79 Å². The molecule has 1 fully saturated rings. The molecule has 0 amide bonds. The number of ketones is 1. The van der Waals surface area contributed by atoms with Crippen molar-refractivity contribution in [3.05, 3.63) is 23.5 Å². The maximum absolute atomic E-state index is 10.0. The van der Waals surface area contributed by atoms with Crippen molar-refractivity contribution in [1.29, 1.82) is 0 Å². The molecule has 3 heteroatoms. The van der Waals surface area contributed by atoms with E-state index < -0.39 is 0 Å². The van der Waals surface area contributed by atoms with E-state index in [2.05, 4.69) is 29.8 Å². The molecule has 1 aliphatic rings. The second-order valence-corrected chi connectivity index (χ2v) is 5.79. The highest BCUT2D eigenvalue weighted by Gasteiger charge is 2.16. The smallest absolute Gasteiger partial charge is 0.129 e. The highest BCUT2D eigenvalue weighted by molar-refractivity contribution is 5.75. The fourth-order valence-electron chi connectivity index (χ4n) is 2.75. The highest BCUT2D eigenvalue weighted by atomic mass is 16.1. The molecule has 1 saturated heterocycles. The van der Waals surface area contributed by atoms with Gasteiger partial charge in [0.15, 0.2) is 0 Å². The topological polar surface area (TPSA) is 33.2 Å². The number of pyridine rings is 1. The first kappa shape index (κ1) is 17.7. The van der Waals surface area contributed by atoms with Crippen LogP contribution in [0.25, 0.3) is 0 Å². The van der Waals surface area contributed by atoms with Crippen LogP contribution in [0.3, 0.4) is 0 Å². The first-order chi connectivity index (χ1) is 10.1. The zero-order valence-corrected chi connectivity index (χ0v) is 14.1. The van der Waals surface area contributed by atoms with E-state index in [4.69, 9.17) is 0 Å². The van der Waals surface area contributed by atoms with Gasteiger partial charge in [0.1, 0.15) is 5.78 Å². The summed E-state index contributed by atoms with van der Waals surface area (Å²) in [6.07, 6.45) is 8.70. The number of Topliss-reactive ketones (excluding diaryl/α,β-unsaturated/α-hetero) is 1. The molecule has 0 unspecified atom stereocenters. The minimum Gasteiger partial charge on any atom is -0.371 e. The van der Waals surface area contributed by atoms with E-state index in [-0.39, 0.29) is 5.78 Å². The van der Waals surface area contributed by atoms with Gasteiger partial charge in [-0.2, -0.15) is 0 Å². The Bertz CT molecular complexity index is 437. The zero-order chi connectivity index (χ0) is 15.7. The zero-order valence-electron chi connectivity index (χ0n) is 14.1. The van der Waals surface area contributed by atoms with Crippen molar-refractivity contribution in [2.24, 2.45) is 0 Å².